The van der Waals surface area contributed by atoms with Crippen LogP contribution in [-0.2, 0) is 14.6 Å². The fourth-order valence-electron chi connectivity index (χ4n) is 5.60. The van der Waals surface area contributed by atoms with Crippen molar-refractivity contribution < 1.29 is 35.6 Å². The van der Waals surface area contributed by atoms with E-state index in [4.69, 9.17) is 0 Å². The van der Waals surface area contributed by atoms with E-state index in [2.05, 4.69) is 5.32 Å². The summed E-state index contributed by atoms with van der Waals surface area (Å²) in [5.41, 5.74) is -1.08. The maximum atomic E-state index is 14.8. The Balaban J connectivity index is 1.41. The number of sulfone groups is 1. The number of fused-ring (bicyclic) bond motifs is 1. The minimum atomic E-state index is -3.55. The highest BCUT2D eigenvalue weighted by molar-refractivity contribution is 7.91. The van der Waals surface area contributed by atoms with Crippen LogP contribution in [0.5, 0.6) is 0 Å². The van der Waals surface area contributed by atoms with E-state index in [0.29, 0.717) is 31.7 Å². The molecule has 0 aromatic heterocycles. The summed E-state index contributed by atoms with van der Waals surface area (Å²) in [6, 6.07) is 4.96. The number of halogens is 4. The number of alkyl halides is 2. The standard InChI is InChI=1S/C27H28F4N2O4S/c1-2-38(36,37)17-5-3-4-16(10-17)27(35)33-22-9-8-15(22)11-23(33)26(34)32-24(14-6-7-14)18-12-21(29)19(25(30)31)13-20(18)28/h3-5,10,12-15,22-25H,2,6-9,11H2,1H3,(H,32,34)/t15-,22-,23-,24-/m1/s1. The van der Waals surface area contributed by atoms with Crippen molar-refractivity contribution in [3.05, 3.63) is 64.7 Å². The monoisotopic (exact) mass is 552 g/mol. The molecular formula is C27H28F4N2O4S. The summed E-state index contributed by atoms with van der Waals surface area (Å²) in [4.78, 5) is 28.6. The molecule has 11 heteroatoms. The van der Waals surface area contributed by atoms with Crippen LogP contribution in [0.25, 0.3) is 0 Å². The van der Waals surface area contributed by atoms with Crippen molar-refractivity contribution >= 4 is 21.7 Å². The van der Waals surface area contributed by atoms with Gasteiger partial charge in [-0.1, -0.05) is 13.0 Å². The largest absolute Gasteiger partial charge is 0.347 e. The molecule has 6 nitrogen and oxygen atoms in total. The zero-order valence-corrected chi connectivity index (χ0v) is 21.5. The lowest BCUT2D eigenvalue weighted by Crippen LogP contribution is -2.51. The smallest absolute Gasteiger partial charge is 0.266 e. The Hall–Kier alpha value is -2.95. The lowest BCUT2D eigenvalue weighted by molar-refractivity contribution is -0.126. The van der Waals surface area contributed by atoms with Gasteiger partial charge in [-0.05, 0) is 74.3 Å². The summed E-state index contributed by atoms with van der Waals surface area (Å²) < 4.78 is 79.9. The molecule has 2 amide bonds. The van der Waals surface area contributed by atoms with Crippen LogP contribution in [0.3, 0.4) is 0 Å². The zero-order valence-electron chi connectivity index (χ0n) is 20.7. The van der Waals surface area contributed by atoms with Gasteiger partial charge in [0.25, 0.3) is 12.3 Å². The van der Waals surface area contributed by atoms with Crippen LogP contribution in [0.4, 0.5) is 17.6 Å². The summed E-state index contributed by atoms with van der Waals surface area (Å²) in [5, 5.41) is 2.78. The third-order valence-corrected chi connectivity index (χ3v) is 9.76. The number of nitrogens with zero attached hydrogens (tertiary/aromatic N) is 1. The molecule has 204 valence electrons. The van der Waals surface area contributed by atoms with E-state index < -0.39 is 57.4 Å². The molecule has 0 spiro atoms. The molecule has 1 heterocycles. The first kappa shape index (κ1) is 26.6. The topological polar surface area (TPSA) is 83.6 Å². The van der Waals surface area contributed by atoms with Gasteiger partial charge >= 0.3 is 0 Å². The third kappa shape index (κ3) is 4.81. The lowest BCUT2D eigenvalue weighted by atomic mass is 9.80. The van der Waals surface area contributed by atoms with E-state index in [1.54, 1.807) is 0 Å². The second-order valence-electron chi connectivity index (χ2n) is 10.3. The predicted octanol–water partition coefficient (Wildman–Crippen LogP) is 4.96. The first-order valence-electron chi connectivity index (χ1n) is 12.7. The van der Waals surface area contributed by atoms with Gasteiger partial charge < -0.3 is 10.2 Å². The highest BCUT2D eigenvalue weighted by Crippen LogP contribution is 2.46. The molecule has 0 bridgehead atoms. The summed E-state index contributed by atoms with van der Waals surface area (Å²) >= 11 is 0. The van der Waals surface area contributed by atoms with Crippen molar-refractivity contribution in [2.24, 2.45) is 11.8 Å². The summed E-state index contributed by atoms with van der Waals surface area (Å²) in [7, 11) is -3.55. The summed E-state index contributed by atoms with van der Waals surface area (Å²) in [6.07, 6.45) is 0.0669. The number of likely N-dealkylation sites (tertiary alicyclic amines) is 1. The van der Waals surface area contributed by atoms with Crippen molar-refractivity contribution in [2.75, 3.05) is 5.75 Å². The molecule has 0 radical (unpaired) electrons. The average molecular weight is 553 g/mol. The van der Waals surface area contributed by atoms with Gasteiger partial charge in [-0.15, -0.1) is 0 Å². The van der Waals surface area contributed by atoms with E-state index in [-0.39, 0.29) is 39.7 Å². The molecule has 38 heavy (non-hydrogen) atoms. The van der Waals surface area contributed by atoms with Crippen LogP contribution in [0.1, 0.15) is 73.0 Å². The van der Waals surface area contributed by atoms with E-state index in [0.717, 1.165) is 12.5 Å². The molecule has 1 saturated heterocycles. The number of rotatable bonds is 8. The minimum Gasteiger partial charge on any atom is -0.347 e. The van der Waals surface area contributed by atoms with Crippen LogP contribution >= 0.6 is 0 Å². The van der Waals surface area contributed by atoms with E-state index in [1.807, 2.05) is 0 Å². The number of nitrogens with one attached hydrogen (secondary N) is 1. The average Bonchev–Trinajstić information content (AvgIpc) is 3.68. The van der Waals surface area contributed by atoms with Gasteiger partial charge in [0, 0.05) is 17.2 Å². The maximum absolute atomic E-state index is 14.8. The van der Waals surface area contributed by atoms with Crippen molar-refractivity contribution in [3.8, 4) is 0 Å². The zero-order chi connectivity index (χ0) is 27.4. The Morgan fingerprint density at radius 1 is 1.03 bits per heavy atom. The maximum Gasteiger partial charge on any atom is 0.266 e. The van der Waals surface area contributed by atoms with E-state index >= 15 is 0 Å². The highest BCUT2D eigenvalue weighted by Gasteiger charge is 2.52. The molecule has 1 aliphatic heterocycles. The Kier molecular flexibility index (Phi) is 7.00. The number of carbonyl (C=O) groups is 2. The van der Waals surface area contributed by atoms with Gasteiger partial charge in [0.1, 0.15) is 17.7 Å². The SMILES string of the molecule is CCS(=O)(=O)c1cccc(C(=O)N2[C@@H](C(=O)N[C@@H](c3cc(F)c(C(F)F)cc3F)C3CC3)C[C@H]3CC[C@H]32)c1. The fourth-order valence-corrected chi connectivity index (χ4v) is 6.53. The molecular weight excluding hydrogens is 524 g/mol. The third-order valence-electron chi connectivity index (χ3n) is 8.03. The van der Waals surface area contributed by atoms with Gasteiger partial charge in [0.05, 0.1) is 22.3 Å². The van der Waals surface area contributed by atoms with Gasteiger partial charge in [-0.2, -0.15) is 0 Å². The summed E-state index contributed by atoms with van der Waals surface area (Å²) in [5.74, 6) is -3.45. The number of hydrogen-bond acceptors (Lipinski definition) is 4. The van der Waals surface area contributed by atoms with E-state index in [9.17, 15) is 35.6 Å². The Bertz CT molecular complexity index is 1380. The molecule has 4 atom stereocenters. The quantitative estimate of drug-likeness (QED) is 0.470. The highest BCUT2D eigenvalue weighted by atomic mass is 32.2. The molecule has 1 N–H and O–H groups in total. The van der Waals surface area contributed by atoms with Crippen molar-refractivity contribution in [1.82, 2.24) is 10.2 Å². The van der Waals surface area contributed by atoms with Crippen LogP contribution in [0, 0.1) is 23.5 Å². The first-order valence-corrected chi connectivity index (χ1v) is 14.4. The van der Waals surface area contributed by atoms with Crippen molar-refractivity contribution in [1.29, 1.82) is 0 Å². The molecule has 2 aromatic rings. The van der Waals surface area contributed by atoms with Crippen LogP contribution in [-0.4, -0.2) is 43.0 Å². The Morgan fingerprint density at radius 2 is 1.71 bits per heavy atom. The number of benzene rings is 2. The van der Waals surface area contributed by atoms with Gasteiger partial charge in [-0.25, -0.2) is 26.0 Å². The Labute approximate surface area is 218 Å². The number of carbonyl (C=O) groups excluding carboxylic acids is 2. The Morgan fingerprint density at radius 3 is 2.32 bits per heavy atom. The predicted molar refractivity (Wildman–Crippen MR) is 130 cm³/mol. The molecule has 0 unspecified atom stereocenters. The van der Waals surface area contributed by atoms with Gasteiger partial charge in [0.15, 0.2) is 9.84 Å². The van der Waals surface area contributed by atoms with Crippen LogP contribution < -0.4 is 5.32 Å². The molecule has 5 rings (SSSR count). The van der Waals surface area contributed by atoms with Crippen LogP contribution in [0.2, 0.25) is 0 Å². The lowest BCUT2D eigenvalue weighted by Gasteiger charge is -2.37. The first-order chi connectivity index (χ1) is 18.0. The second-order valence-corrected chi connectivity index (χ2v) is 12.6. The van der Waals surface area contributed by atoms with Crippen molar-refractivity contribution in [2.45, 2.75) is 68.5 Å². The fraction of sp³-hybridized carbons (Fsp3) is 0.481. The molecule has 2 aliphatic carbocycles. The normalized spacial score (nSPS) is 23.6. The van der Waals surface area contributed by atoms with Crippen molar-refractivity contribution in [3.63, 3.8) is 0 Å². The number of amides is 2. The molecule has 3 aliphatic rings. The summed E-state index contributed by atoms with van der Waals surface area (Å²) in [6.45, 7) is 1.51. The molecule has 3 fully saturated rings. The van der Waals surface area contributed by atoms with Gasteiger partial charge in [0.2, 0.25) is 5.91 Å². The van der Waals surface area contributed by atoms with Gasteiger partial charge in [-0.3, -0.25) is 9.59 Å². The van der Waals surface area contributed by atoms with E-state index in [1.165, 1.54) is 36.1 Å². The second kappa shape index (κ2) is 9.98. The molecule has 2 saturated carbocycles. The number of hydrogen-bond donors (Lipinski definition) is 1. The van der Waals surface area contributed by atoms with Crippen LogP contribution in [0.15, 0.2) is 41.3 Å². The minimum absolute atomic E-state index is 0.0229. The molecule has 2 aromatic carbocycles.